The smallest absolute Gasteiger partial charge is 0.221 e. The molecule has 2 atom stereocenters. The van der Waals surface area contributed by atoms with Crippen molar-refractivity contribution in [3.05, 3.63) is 29.8 Å². The van der Waals surface area contributed by atoms with E-state index in [4.69, 9.17) is 23.2 Å². The van der Waals surface area contributed by atoms with E-state index >= 15 is 0 Å². The molecule has 18 heavy (non-hydrogen) atoms. The summed E-state index contributed by atoms with van der Waals surface area (Å²) in [5.74, 6) is -0.127. The molecular weight excluding hydrogens is 273 g/mol. The minimum atomic E-state index is -0.858. The third-order valence-electron chi connectivity index (χ3n) is 3.45. The van der Waals surface area contributed by atoms with Gasteiger partial charge in [0, 0.05) is 18.0 Å². The van der Waals surface area contributed by atoms with Crippen LogP contribution in [0.5, 0.6) is 0 Å². The number of carbonyl (C=O) groups excluding carboxylic acids is 1. The number of aliphatic hydroxyl groups is 1. The van der Waals surface area contributed by atoms with Crippen molar-refractivity contribution in [1.82, 2.24) is 0 Å². The molecule has 1 aliphatic carbocycles. The van der Waals surface area contributed by atoms with Gasteiger partial charge in [0.15, 0.2) is 0 Å². The molecule has 0 unspecified atom stereocenters. The molecule has 0 heterocycles. The molecule has 0 aliphatic heterocycles. The summed E-state index contributed by atoms with van der Waals surface area (Å²) < 4.78 is -0.858. The Bertz CT molecular complexity index is 472. The van der Waals surface area contributed by atoms with Crippen LogP contribution in [0.4, 0.5) is 5.69 Å². The summed E-state index contributed by atoms with van der Waals surface area (Å²) in [5.41, 5.74) is 0.934. The number of hydrogen-bond donors (Lipinski definition) is 2. The van der Waals surface area contributed by atoms with Gasteiger partial charge in [0.05, 0.1) is 6.10 Å². The van der Waals surface area contributed by atoms with Gasteiger partial charge in [-0.25, -0.2) is 0 Å². The lowest BCUT2D eigenvalue weighted by Gasteiger charge is -2.20. The molecule has 1 aromatic rings. The predicted octanol–water partition coefficient (Wildman–Crippen LogP) is 3.26. The van der Waals surface area contributed by atoms with Crippen LogP contribution >= 0.6 is 23.2 Å². The summed E-state index contributed by atoms with van der Waals surface area (Å²) in [4.78, 5) is 10.9. The van der Waals surface area contributed by atoms with E-state index in [-0.39, 0.29) is 5.91 Å². The number of aliphatic hydroxyl groups excluding tert-OH is 1. The Morgan fingerprint density at radius 3 is 2.28 bits per heavy atom. The Kier molecular flexibility index (Phi) is 3.34. The second-order valence-corrected chi connectivity index (χ2v) is 6.49. The van der Waals surface area contributed by atoms with Crippen molar-refractivity contribution in [3.8, 4) is 0 Å². The summed E-state index contributed by atoms with van der Waals surface area (Å²) in [6, 6.07) is 7.03. The quantitative estimate of drug-likeness (QED) is 0.839. The van der Waals surface area contributed by atoms with Gasteiger partial charge in [0.2, 0.25) is 5.91 Å². The predicted molar refractivity (Wildman–Crippen MR) is 72.9 cm³/mol. The zero-order valence-corrected chi connectivity index (χ0v) is 11.7. The number of carbonyl (C=O) groups is 1. The first-order chi connectivity index (χ1) is 8.26. The van der Waals surface area contributed by atoms with Gasteiger partial charge in [-0.1, -0.05) is 19.1 Å². The van der Waals surface area contributed by atoms with Crippen LogP contribution < -0.4 is 5.32 Å². The normalized spacial score (nSPS) is 26.5. The average Bonchev–Trinajstić information content (AvgIpc) is 2.79. The molecule has 1 aromatic carbocycles. The third-order valence-corrected chi connectivity index (χ3v) is 4.58. The standard InChI is InChI=1S/C13H15Cl2NO2/c1-8(17)16-10-5-3-9(4-6-10)11(18)12(2)7-13(12,14)15/h3-6,11,18H,7H2,1-2H3,(H,16,17)/t11-,12-/m0/s1. The Balaban J connectivity index is 2.13. The van der Waals surface area contributed by atoms with Crippen molar-refractivity contribution >= 4 is 34.8 Å². The molecule has 0 spiro atoms. The number of benzene rings is 1. The molecule has 0 aromatic heterocycles. The lowest BCUT2D eigenvalue weighted by Crippen LogP contribution is -2.16. The number of anilines is 1. The number of halogens is 2. The largest absolute Gasteiger partial charge is 0.388 e. The van der Waals surface area contributed by atoms with Gasteiger partial charge in [0.25, 0.3) is 0 Å². The van der Waals surface area contributed by atoms with Crippen molar-refractivity contribution in [2.24, 2.45) is 5.41 Å². The molecule has 1 saturated carbocycles. The van der Waals surface area contributed by atoms with E-state index in [1.165, 1.54) is 6.92 Å². The molecular formula is C13H15Cl2NO2. The molecule has 1 amide bonds. The number of rotatable bonds is 3. The van der Waals surface area contributed by atoms with Crippen LogP contribution in [-0.4, -0.2) is 15.3 Å². The minimum absolute atomic E-state index is 0.127. The molecule has 2 N–H and O–H groups in total. The third kappa shape index (κ3) is 2.35. The highest BCUT2D eigenvalue weighted by Crippen LogP contribution is 2.69. The van der Waals surface area contributed by atoms with Crippen molar-refractivity contribution < 1.29 is 9.90 Å². The summed E-state index contributed by atoms with van der Waals surface area (Å²) >= 11 is 12.1. The molecule has 3 nitrogen and oxygen atoms in total. The lowest BCUT2D eigenvalue weighted by atomic mass is 9.94. The van der Waals surface area contributed by atoms with Crippen molar-refractivity contribution in [2.45, 2.75) is 30.7 Å². The van der Waals surface area contributed by atoms with Gasteiger partial charge >= 0.3 is 0 Å². The Morgan fingerprint density at radius 1 is 1.39 bits per heavy atom. The van der Waals surface area contributed by atoms with E-state index in [0.29, 0.717) is 12.1 Å². The molecule has 0 radical (unpaired) electrons. The molecule has 98 valence electrons. The average molecular weight is 288 g/mol. The lowest BCUT2D eigenvalue weighted by molar-refractivity contribution is -0.114. The van der Waals surface area contributed by atoms with Crippen LogP contribution in [0.25, 0.3) is 0 Å². The van der Waals surface area contributed by atoms with E-state index in [1.807, 2.05) is 6.92 Å². The first-order valence-electron chi connectivity index (χ1n) is 5.70. The van der Waals surface area contributed by atoms with E-state index in [2.05, 4.69) is 5.32 Å². The maximum Gasteiger partial charge on any atom is 0.221 e. The maximum absolute atomic E-state index is 10.9. The van der Waals surface area contributed by atoms with Gasteiger partial charge in [0.1, 0.15) is 4.33 Å². The summed E-state index contributed by atoms with van der Waals surface area (Å²) in [7, 11) is 0. The molecule has 0 saturated heterocycles. The Labute approximate surface area is 116 Å². The fourth-order valence-electron chi connectivity index (χ4n) is 2.03. The van der Waals surface area contributed by atoms with E-state index in [0.717, 1.165) is 5.56 Å². The highest BCUT2D eigenvalue weighted by atomic mass is 35.5. The van der Waals surface area contributed by atoms with Crippen LogP contribution in [-0.2, 0) is 4.79 Å². The topological polar surface area (TPSA) is 49.3 Å². The van der Waals surface area contributed by atoms with Gasteiger partial charge in [-0.15, -0.1) is 23.2 Å². The van der Waals surface area contributed by atoms with Crippen LogP contribution in [0.3, 0.4) is 0 Å². The second-order valence-electron chi connectivity index (χ2n) is 5.00. The maximum atomic E-state index is 10.9. The van der Waals surface area contributed by atoms with Gasteiger partial charge in [-0.2, -0.15) is 0 Å². The highest BCUT2D eigenvalue weighted by molar-refractivity contribution is 6.51. The highest BCUT2D eigenvalue weighted by Gasteiger charge is 2.66. The molecule has 1 aliphatic rings. The first-order valence-corrected chi connectivity index (χ1v) is 6.45. The van der Waals surface area contributed by atoms with Crippen molar-refractivity contribution in [3.63, 3.8) is 0 Å². The van der Waals surface area contributed by atoms with Crippen LogP contribution in [0.1, 0.15) is 31.9 Å². The Hall–Kier alpha value is -0.770. The van der Waals surface area contributed by atoms with Crippen LogP contribution in [0.15, 0.2) is 24.3 Å². The molecule has 5 heteroatoms. The summed E-state index contributed by atoms with van der Waals surface area (Å²) in [6.45, 7) is 3.31. The van der Waals surface area contributed by atoms with E-state index in [9.17, 15) is 9.90 Å². The fraction of sp³-hybridized carbons (Fsp3) is 0.462. The zero-order valence-electron chi connectivity index (χ0n) is 10.2. The minimum Gasteiger partial charge on any atom is -0.388 e. The molecule has 1 fully saturated rings. The first kappa shape index (κ1) is 13.7. The molecule has 0 bridgehead atoms. The summed E-state index contributed by atoms with van der Waals surface area (Å²) in [5, 5.41) is 12.9. The number of nitrogens with one attached hydrogen (secondary N) is 1. The zero-order chi connectivity index (χ0) is 13.6. The monoisotopic (exact) mass is 287 g/mol. The van der Waals surface area contributed by atoms with Gasteiger partial charge in [-0.05, 0) is 24.1 Å². The van der Waals surface area contributed by atoms with Crippen molar-refractivity contribution in [2.75, 3.05) is 5.32 Å². The van der Waals surface area contributed by atoms with Crippen molar-refractivity contribution in [1.29, 1.82) is 0 Å². The second kappa shape index (κ2) is 4.41. The summed E-state index contributed by atoms with van der Waals surface area (Å²) in [6.07, 6.45) is -0.142. The SMILES string of the molecule is CC(=O)Nc1ccc([C@H](O)[C@]2(C)CC2(Cl)Cl)cc1. The van der Waals surface area contributed by atoms with Crippen LogP contribution in [0.2, 0.25) is 0 Å². The number of amides is 1. The van der Waals surface area contributed by atoms with Gasteiger partial charge in [-0.3, -0.25) is 4.79 Å². The van der Waals surface area contributed by atoms with Crippen LogP contribution in [0, 0.1) is 5.41 Å². The Morgan fingerprint density at radius 2 is 1.89 bits per heavy atom. The number of alkyl halides is 2. The number of hydrogen-bond acceptors (Lipinski definition) is 2. The molecule has 2 rings (SSSR count). The van der Waals surface area contributed by atoms with E-state index < -0.39 is 15.9 Å². The van der Waals surface area contributed by atoms with E-state index in [1.54, 1.807) is 24.3 Å². The van der Waals surface area contributed by atoms with Gasteiger partial charge < -0.3 is 10.4 Å². The fourth-order valence-corrected chi connectivity index (χ4v) is 2.80.